The van der Waals surface area contributed by atoms with Gasteiger partial charge in [0.15, 0.2) is 0 Å². The Morgan fingerprint density at radius 1 is 1.40 bits per heavy atom. The number of aliphatic carboxylic acids is 1. The lowest BCUT2D eigenvalue weighted by Gasteiger charge is -2.05. The monoisotopic (exact) mass is 228 g/mol. The van der Waals surface area contributed by atoms with Crippen LogP contribution in [0.4, 0.5) is 0 Å². The molecule has 0 amide bonds. The summed E-state index contributed by atoms with van der Waals surface area (Å²) in [4.78, 5) is 19.2. The van der Waals surface area contributed by atoms with E-state index in [2.05, 4.69) is 0 Å². The molecule has 0 aliphatic rings. The van der Waals surface area contributed by atoms with E-state index in [0.717, 1.165) is 5.56 Å². The van der Waals surface area contributed by atoms with E-state index in [1.54, 1.807) is 12.1 Å². The van der Waals surface area contributed by atoms with Crippen LogP contribution in [0, 0.1) is 0 Å². The lowest BCUT2D eigenvalue weighted by atomic mass is 10.1. The lowest BCUT2D eigenvalue weighted by molar-refractivity contribution is -0.138. The number of benzene rings is 1. The fourth-order valence-corrected chi connectivity index (χ4v) is 1.50. The van der Waals surface area contributed by atoms with Crippen LogP contribution in [-0.2, 0) is 15.8 Å². The minimum Gasteiger partial charge on any atom is -0.480 e. The first-order valence-corrected chi connectivity index (χ1v) is 5.45. The highest BCUT2D eigenvalue weighted by molar-refractivity contribution is 7.47. The van der Waals surface area contributed by atoms with Gasteiger partial charge in [0.1, 0.15) is 6.04 Å². The molecule has 0 spiro atoms. The Bertz CT molecular complexity index is 376. The number of carboxylic acids is 1. The maximum atomic E-state index is 10.7. The van der Waals surface area contributed by atoms with Gasteiger partial charge in [-0.25, -0.2) is 0 Å². The summed E-state index contributed by atoms with van der Waals surface area (Å²) in [5, 5.41) is 8.89. The molecule has 0 heterocycles. The Morgan fingerprint density at radius 2 is 1.93 bits per heavy atom. The van der Waals surface area contributed by atoms with Gasteiger partial charge in [-0.1, -0.05) is 12.1 Å². The molecule has 0 aliphatic carbocycles. The topological polar surface area (TPSA) is 101 Å². The molecule has 2 atom stereocenters. The Balaban J connectivity index is 2.72. The summed E-state index contributed by atoms with van der Waals surface area (Å²) < 4.78 is 10.7. The molecule has 6 heteroatoms. The predicted molar refractivity (Wildman–Crippen MR) is 55.2 cm³/mol. The van der Waals surface area contributed by atoms with Crippen LogP contribution in [0.25, 0.3) is 0 Å². The molecule has 15 heavy (non-hydrogen) atoms. The summed E-state index contributed by atoms with van der Waals surface area (Å²) in [5.41, 5.74) is 6.07. The van der Waals surface area contributed by atoms with Crippen LogP contribution >= 0.6 is 8.03 Å². The van der Waals surface area contributed by atoms with Gasteiger partial charge in [-0.3, -0.25) is 4.79 Å². The summed E-state index contributed by atoms with van der Waals surface area (Å²) in [7, 11) is -2.34. The van der Waals surface area contributed by atoms with Crippen molar-refractivity contribution in [3.05, 3.63) is 29.8 Å². The van der Waals surface area contributed by atoms with Crippen LogP contribution < -0.4 is 11.0 Å². The number of rotatable bonds is 4. The minimum atomic E-state index is -2.34. The standard InChI is InChI=1S/C9H10NO4P/c10-8(9(11)12)5-6-1-3-7(4-2-6)15(13)14/h1-4,8H,5,10H2,(H-,11,12,13,14)/p+1. The van der Waals surface area contributed by atoms with E-state index >= 15 is 0 Å². The quantitative estimate of drug-likeness (QED) is 0.630. The SMILES string of the molecule is NC(Cc1ccc([P+](=O)O)cc1)C(=O)O. The van der Waals surface area contributed by atoms with Crippen LogP contribution in [-0.4, -0.2) is 22.0 Å². The normalized spacial score (nSPS) is 13.3. The van der Waals surface area contributed by atoms with Crippen molar-refractivity contribution in [3.8, 4) is 0 Å². The summed E-state index contributed by atoms with van der Waals surface area (Å²) >= 11 is 0. The van der Waals surface area contributed by atoms with Crippen molar-refractivity contribution in [1.82, 2.24) is 0 Å². The molecule has 4 N–H and O–H groups in total. The van der Waals surface area contributed by atoms with Gasteiger partial charge in [0.25, 0.3) is 0 Å². The Hall–Kier alpha value is -1.29. The molecular weight excluding hydrogens is 217 g/mol. The number of carboxylic acid groups (broad SMARTS) is 1. The Labute approximate surface area is 87.4 Å². The van der Waals surface area contributed by atoms with E-state index in [1.165, 1.54) is 12.1 Å². The van der Waals surface area contributed by atoms with Gasteiger partial charge in [-0.05, 0) is 28.7 Å². The lowest BCUT2D eigenvalue weighted by Crippen LogP contribution is -2.32. The highest BCUT2D eigenvalue weighted by Gasteiger charge is 2.16. The molecule has 80 valence electrons. The maximum absolute atomic E-state index is 10.7. The van der Waals surface area contributed by atoms with Gasteiger partial charge < -0.3 is 10.8 Å². The molecular formula is C9H11NO4P+. The average molecular weight is 228 g/mol. The zero-order valence-corrected chi connectivity index (χ0v) is 8.72. The highest BCUT2D eigenvalue weighted by Crippen LogP contribution is 2.13. The maximum Gasteiger partial charge on any atom is 0.546 e. The molecule has 0 saturated heterocycles. The van der Waals surface area contributed by atoms with Crippen molar-refractivity contribution in [3.63, 3.8) is 0 Å². The van der Waals surface area contributed by atoms with Gasteiger partial charge in [0.2, 0.25) is 5.30 Å². The number of hydrogen-bond donors (Lipinski definition) is 3. The van der Waals surface area contributed by atoms with Crippen molar-refractivity contribution in [1.29, 1.82) is 0 Å². The third-order valence-corrected chi connectivity index (χ3v) is 2.67. The fraction of sp³-hybridized carbons (Fsp3) is 0.222. The zero-order valence-electron chi connectivity index (χ0n) is 7.83. The largest absolute Gasteiger partial charge is 0.546 e. The first-order valence-electron chi connectivity index (χ1n) is 4.24. The Kier molecular flexibility index (Phi) is 3.91. The molecule has 1 rings (SSSR count). The van der Waals surface area contributed by atoms with Crippen molar-refractivity contribution in [2.24, 2.45) is 5.73 Å². The summed E-state index contributed by atoms with van der Waals surface area (Å²) in [6, 6.07) is 5.23. The van der Waals surface area contributed by atoms with Gasteiger partial charge in [-0.15, -0.1) is 0 Å². The van der Waals surface area contributed by atoms with Gasteiger partial charge in [0.05, 0.1) is 0 Å². The smallest absolute Gasteiger partial charge is 0.480 e. The molecule has 2 unspecified atom stereocenters. The van der Waals surface area contributed by atoms with E-state index in [0.29, 0.717) is 5.30 Å². The molecule has 5 nitrogen and oxygen atoms in total. The molecule has 1 aromatic rings. The second-order valence-electron chi connectivity index (χ2n) is 3.09. The van der Waals surface area contributed by atoms with Crippen LogP contribution in [0.1, 0.15) is 5.56 Å². The zero-order chi connectivity index (χ0) is 11.4. The van der Waals surface area contributed by atoms with E-state index in [4.69, 9.17) is 15.7 Å². The first kappa shape index (κ1) is 11.8. The molecule has 0 aliphatic heterocycles. The highest BCUT2D eigenvalue weighted by atomic mass is 31.1. The molecule has 0 fully saturated rings. The second-order valence-corrected chi connectivity index (χ2v) is 4.15. The predicted octanol–water partition coefficient (Wildman–Crippen LogP) is 0.00100. The van der Waals surface area contributed by atoms with Crippen LogP contribution in [0.2, 0.25) is 0 Å². The van der Waals surface area contributed by atoms with Gasteiger partial charge >= 0.3 is 14.0 Å². The fourth-order valence-electron chi connectivity index (χ4n) is 1.10. The van der Waals surface area contributed by atoms with Crippen LogP contribution in [0.5, 0.6) is 0 Å². The van der Waals surface area contributed by atoms with Crippen molar-refractivity contribution >= 4 is 19.3 Å². The van der Waals surface area contributed by atoms with E-state index in [1.807, 2.05) is 0 Å². The average Bonchev–Trinajstić information content (AvgIpc) is 2.18. The van der Waals surface area contributed by atoms with Crippen molar-refractivity contribution < 1.29 is 19.4 Å². The summed E-state index contributed by atoms with van der Waals surface area (Å²) in [5.74, 6) is -1.06. The number of nitrogens with two attached hydrogens (primary N) is 1. The molecule has 1 aromatic carbocycles. The van der Waals surface area contributed by atoms with Gasteiger partial charge in [-0.2, -0.15) is 4.89 Å². The van der Waals surface area contributed by atoms with Gasteiger partial charge in [0, 0.05) is 0 Å². The summed E-state index contributed by atoms with van der Waals surface area (Å²) in [6.07, 6.45) is 0.206. The number of carbonyl (C=O) groups is 1. The van der Waals surface area contributed by atoms with Crippen molar-refractivity contribution in [2.75, 3.05) is 0 Å². The third-order valence-electron chi connectivity index (χ3n) is 1.93. The third kappa shape index (κ3) is 3.40. The van der Waals surface area contributed by atoms with Crippen LogP contribution in [0.15, 0.2) is 24.3 Å². The second kappa shape index (κ2) is 4.98. The molecule has 0 aromatic heterocycles. The first-order chi connectivity index (χ1) is 7.00. The van der Waals surface area contributed by atoms with Crippen LogP contribution in [0.3, 0.4) is 0 Å². The molecule has 0 bridgehead atoms. The molecule has 0 radical (unpaired) electrons. The van der Waals surface area contributed by atoms with E-state index in [-0.39, 0.29) is 6.42 Å². The van der Waals surface area contributed by atoms with E-state index in [9.17, 15) is 9.36 Å². The summed E-state index contributed by atoms with van der Waals surface area (Å²) in [6.45, 7) is 0. The minimum absolute atomic E-state index is 0.206. The molecule has 0 saturated carbocycles. The van der Waals surface area contributed by atoms with Crippen molar-refractivity contribution in [2.45, 2.75) is 12.5 Å². The van der Waals surface area contributed by atoms with E-state index < -0.39 is 20.0 Å². The number of hydrogen-bond acceptors (Lipinski definition) is 3. The Morgan fingerprint density at radius 3 is 2.33 bits per heavy atom.